The van der Waals surface area contributed by atoms with Crippen molar-refractivity contribution in [2.24, 2.45) is 0 Å². The molecular formula is C12H16N2O4. The smallest absolute Gasteiger partial charge is 0.305 e. The van der Waals surface area contributed by atoms with Gasteiger partial charge in [-0.3, -0.25) is 9.59 Å². The quantitative estimate of drug-likeness (QED) is 0.464. The molecule has 0 unspecified atom stereocenters. The van der Waals surface area contributed by atoms with Crippen molar-refractivity contribution in [3.05, 3.63) is 24.3 Å². The van der Waals surface area contributed by atoms with E-state index in [-0.39, 0.29) is 6.54 Å². The average Bonchev–Trinajstić information content (AvgIpc) is 2.24. The van der Waals surface area contributed by atoms with Crippen LogP contribution in [0.5, 0.6) is 0 Å². The fourth-order valence-corrected chi connectivity index (χ4v) is 1.33. The van der Waals surface area contributed by atoms with Crippen LogP contribution in [-0.4, -0.2) is 24.8 Å². The molecule has 1 rings (SSSR count). The number of benzene rings is 1. The Morgan fingerprint density at radius 3 is 2.39 bits per heavy atom. The maximum atomic E-state index is 10.8. The van der Waals surface area contributed by atoms with Crippen LogP contribution in [0.2, 0.25) is 0 Å². The second-order valence-corrected chi connectivity index (χ2v) is 3.65. The van der Waals surface area contributed by atoms with Crippen molar-refractivity contribution in [3.63, 3.8) is 0 Å². The van der Waals surface area contributed by atoms with E-state index in [2.05, 4.69) is 5.32 Å². The number of esters is 2. The van der Waals surface area contributed by atoms with Crippen LogP contribution >= 0.6 is 0 Å². The molecule has 0 aliphatic heterocycles. The van der Waals surface area contributed by atoms with E-state index in [0.29, 0.717) is 5.69 Å². The molecule has 0 aromatic heterocycles. The van der Waals surface area contributed by atoms with Crippen LogP contribution in [0.15, 0.2) is 24.3 Å². The van der Waals surface area contributed by atoms with Crippen LogP contribution in [0.4, 0.5) is 11.4 Å². The molecule has 0 fully saturated rings. The SMILES string of the molecule is CC(=O)OC(CNc1cccc(N)c1)OC(C)=O. The summed E-state index contributed by atoms with van der Waals surface area (Å²) < 4.78 is 9.67. The minimum atomic E-state index is -0.957. The fraction of sp³-hybridized carbons (Fsp3) is 0.333. The molecule has 0 saturated carbocycles. The van der Waals surface area contributed by atoms with Crippen LogP contribution in [0.1, 0.15) is 13.8 Å². The van der Waals surface area contributed by atoms with Crippen LogP contribution in [0.25, 0.3) is 0 Å². The van der Waals surface area contributed by atoms with E-state index >= 15 is 0 Å². The minimum absolute atomic E-state index is 0.155. The van der Waals surface area contributed by atoms with Gasteiger partial charge in [0.25, 0.3) is 6.29 Å². The number of hydrogen-bond acceptors (Lipinski definition) is 6. The Kier molecular flexibility index (Phi) is 4.98. The molecule has 0 spiro atoms. The van der Waals surface area contributed by atoms with E-state index < -0.39 is 18.2 Å². The maximum Gasteiger partial charge on any atom is 0.305 e. The molecule has 0 radical (unpaired) electrons. The number of nitrogens with two attached hydrogens (primary N) is 1. The van der Waals surface area contributed by atoms with Gasteiger partial charge in [0.2, 0.25) is 0 Å². The van der Waals surface area contributed by atoms with Crippen molar-refractivity contribution in [3.8, 4) is 0 Å². The monoisotopic (exact) mass is 252 g/mol. The Morgan fingerprint density at radius 1 is 1.28 bits per heavy atom. The summed E-state index contributed by atoms with van der Waals surface area (Å²) in [6.45, 7) is 2.65. The van der Waals surface area contributed by atoms with Crippen LogP contribution in [0.3, 0.4) is 0 Å². The van der Waals surface area contributed by atoms with E-state index in [4.69, 9.17) is 15.2 Å². The number of carbonyl (C=O) groups is 2. The highest BCUT2D eigenvalue weighted by molar-refractivity contribution is 5.68. The van der Waals surface area contributed by atoms with Gasteiger partial charge < -0.3 is 20.5 Å². The van der Waals surface area contributed by atoms with Crippen LogP contribution in [-0.2, 0) is 19.1 Å². The Hall–Kier alpha value is -2.24. The lowest BCUT2D eigenvalue weighted by Gasteiger charge is -2.17. The summed E-state index contributed by atoms with van der Waals surface area (Å²) in [5, 5.41) is 2.96. The topological polar surface area (TPSA) is 90.7 Å². The normalized spacial score (nSPS) is 9.94. The number of anilines is 2. The zero-order valence-electron chi connectivity index (χ0n) is 10.3. The van der Waals surface area contributed by atoms with Gasteiger partial charge >= 0.3 is 11.9 Å². The minimum Gasteiger partial charge on any atom is -0.423 e. The molecule has 1 aromatic rings. The van der Waals surface area contributed by atoms with Gasteiger partial charge in [0.1, 0.15) is 0 Å². The van der Waals surface area contributed by atoms with Gasteiger partial charge in [0.15, 0.2) is 0 Å². The first-order valence-corrected chi connectivity index (χ1v) is 5.41. The highest BCUT2D eigenvalue weighted by Gasteiger charge is 2.14. The Bertz CT molecular complexity index is 418. The molecule has 1 aromatic carbocycles. The third kappa shape index (κ3) is 5.20. The molecule has 18 heavy (non-hydrogen) atoms. The molecule has 0 bridgehead atoms. The lowest BCUT2D eigenvalue weighted by Crippen LogP contribution is -2.29. The van der Waals surface area contributed by atoms with E-state index in [1.807, 2.05) is 0 Å². The van der Waals surface area contributed by atoms with Gasteiger partial charge in [-0.15, -0.1) is 0 Å². The number of hydrogen-bond donors (Lipinski definition) is 2. The van der Waals surface area contributed by atoms with E-state index in [0.717, 1.165) is 5.69 Å². The number of carbonyl (C=O) groups excluding carboxylic acids is 2. The summed E-state index contributed by atoms with van der Waals surface area (Å²) in [4.78, 5) is 21.7. The van der Waals surface area contributed by atoms with Crippen LogP contribution in [0, 0.1) is 0 Å². The molecule has 0 saturated heterocycles. The first kappa shape index (κ1) is 13.8. The van der Waals surface area contributed by atoms with Gasteiger partial charge in [-0.05, 0) is 18.2 Å². The van der Waals surface area contributed by atoms with Gasteiger partial charge in [0.05, 0.1) is 6.54 Å². The van der Waals surface area contributed by atoms with Crippen molar-refractivity contribution in [2.75, 3.05) is 17.6 Å². The number of ether oxygens (including phenoxy) is 2. The third-order valence-electron chi connectivity index (χ3n) is 1.95. The lowest BCUT2D eigenvalue weighted by molar-refractivity contribution is -0.182. The summed E-state index contributed by atoms with van der Waals surface area (Å²) in [5.74, 6) is -1.04. The zero-order valence-corrected chi connectivity index (χ0v) is 10.3. The molecule has 0 aliphatic rings. The Labute approximate surface area is 105 Å². The first-order chi connectivity index (χ1) is 8.47. The molecule has 0 amide bonds. The fourth-order valence-electron chi connectivity index (χ4n) is 1.33. The Balaban J connectivity index is 2.55. The Morgan fingerprint density at radius 2 is 1.89 bits per heavy atom. The average molecular weight is 252 g/mol. The van der Waals surface area contributed by atoms with Crippen molar-refractivity contribution in [1.82, 2.24) is 0 Å². The second-order valence-electron chi connectivity index (χ2n) is 3.65. The first-order valence-electron chi connectivity index (χ1n) is 5.41. The van der Waals surface area contributed by atoms with Crippen molar-refractivity contribution < 1.29 is 19.1 Å². The molecule has 0 aliphatic carbocycles. The third-order valence-corrected chi connectivity index (χ3v) is 1.95. The maximum absolute atomic E-state index is 10.8. The summed E-state index contributed by atoms with van der Waals surface area (Å²) in [6, 6.07) is 7.05. The van der Waals surface area contributed by atoms with Gasteiger partial charge in [-0.25, -0.2) is 0 Å². The van der Waals surface area contributed by atoms with Crippen molar-refractivity contribution >= 4 is 23.3 Å². The standard InChI is InChI=1S/C12H16N2O4/c1-8(15)17-12(18-9(2)16)7-14-11-5-3-4-10(13)6-11/h3-6,12,14H,7,13H2,1-2H3. The van der Waals surface area contributed by atoms with Gasteiger partial charge in [0, 0.05) is 25.2 Å². The molecule has 6 nitrogen and oxygen atoms in total. The largest absolute Gasteiger partial charge is 0.423 e. The lowest BCUT2D eigenvalue weighted by atomic mass is 10.3. The van der Waals surface area contributed by atoms with E-state index in [9.17, 15) is 9.59 Å². The van der Waals surface area contributed by atoms with Crippen molar-refractivity contribution in [1.29, 1.82) is 0 Å². The van der Waals surface area contributed by atoms with Gasteiger partial charge in [-0.2, -0.15) is 0 Å². The number of nitrogen functional groups attached to an aromatic ring is 1. The molecular weight excluding hydrogens is 236 g/mol. The van der Waals surface area contributed by atoms with E-state index in [1.165, 1.54) is 13.8 Å². The highest BCUT2D eigenvalue weighted by atomic mass is 16.7. The van der Waals surface area contributed by atoms with E-state index in [1.54, 1.807) is 24.3 Å². The number of nitrogens with one attached hydrogen (secondary N) is 1. The number of rotatable bonds is 5. The van der Waals surface area contributed by atoms with Crippen molar-refractivity contribution in [2.45, 2.75) is 20.1 Å². The highest BCUT2D eigenvalue weighted by Crippen LogP contribution is 2.12. The van der Waals surface area contributed by atoms with Gasteiger partial charge in [-0.1, -0.05) is 6.07 Å². The summed E-state index contributed by atoms with van der Waals surface area (Å²) in [6.07, 6.45) is -0.957. The predicted molar refractivity (Wildman–Crippen MR) is 66.7 cm³/mol. The molecule has 0 atom stereocenters. The second kappa shape index (κ2) is 6.48. The summed E-state index contributed by atoms with van der Waals surface area (Å²) >= 11 is 0. The molecule has 0 heterocycles. The van der Waals surface area contributed by atoms with Crippen LogP contribution < -0.4 is 11.1 Å². The molecule has 6 heteroatoms. The predicted octanol–water partition coefficient (Wildman–Crippen LogP) is 1.13. The molecule has 3 N–H and O–H groups in total. The summed E-state index contributed by atoms with van der Waals surface area (Å²) in [5.41, 5.74) is 6.97. The summed E-state index contributed by atoms with van der Waals surface area (Å²) in [7, 11) is 0. The molecule has 98 valence electrons. The zero-order chi connectivity index (χ0) is 13.5.